The zero-order valence-electron chi connectivity index (χ0n) is 17.4. The Hall–Kier alpha value is -1.99. The number of aromatic nitrogens is 2. The minimum atomic E-state index is -0.00137. The molecule has 0 unspecified atom stereocenters. The zero-order valence-corrected chi connectivity index (χ0v) is 18.2. The number of nitrogens with zero attached hydrogens (tertiary/aromatic N) is 5. The van der Waals surface area contributed by atoms with E-state index in [1.807, 2.05) is 18.3 Å². The number of anilines is 1. The van der Waals surface area contributed by atoms with Gasteiger partial charge in [-0.2, -0.15) is 0 Å². The Morgan fingerprint density at radius 2 is 2.00 bits per heavy atom. The number of carbonyl (C=O) groups is 1. The van der Waals surface area contributed by atoms with Gasteiger partial charge in [-0.1, -0.05) is 0 Å². The second-order valence-corrected chi connectivity index (χ2v) is 8.62. The van der Waals surface area contributed by atoms with Gasteiger partial charge in [-0.25, -0.2) is 4.98 Å². The highest BCUT2D eigenvalue weighted by Crippen LogP contribution is 2.29. The van der Waals surface area contributed by atoms with E-state index < -0.39 is 0 Å². The molecule has 0 N–H and O–H groups in total. The quantitative estimate of drug-likeness (QED) is 0.711. The van der Waals surface area contributed by atoms with Gasteiger partial charge in [0.15, 0.2) is 5.13 Å². The summed E-state index contributed by atoms with van der Waals surface area (Å²) in [5.74, 6) is 0.422. The van der Waals surface area contributed by atoms with Crippen LogP contribution in [0.3, 0.4) is 0 Å². The molecule has 0 saturated carbocycles. The normalized spacial score (nSPS) is 17.5. The molecule has 1 fully saturated rings. The summed E-state index contributed by atoms with van der Waals surface area (Å²) in [5, 5.41) is 1.12. The lowest BCUT2D eigenvalue weighted by Crippen LogP contribution is -2.34. The van der Waals surface area contributed by atoms with E-state index in [-0.39, 0.29) is 5.91 Å². The third kappa shape index (κ3) is 4.89. The van der Waals surface area contributed by atoms with E-state index in [1.54, 1.807) is 36.5 Å². The third-order valence-corrected chi connectivity index (χ3v) is 6.36. The Morgan fingerprint density at radius 1 is 1.21 bits per heavy atom. The van der Waals surface area contributed by atoms with Gasteiger partial charge < -0.3 is 9.80 Å². The van der Waals surface area contributed by atoms with Gasteiger partial charge in [0.1, 0.15) is 0 Å². The van der Waals surface area contributed by atoms with Gasteiger partial charge in [-0.05, 0) is 45.4 Å². The summed E-state index contributed by atoms with van der Waals surface area (Å²) in [6, 6.07) is 3.93. The van der Waals surface area contributed by atoms with Gasteiger partial charge in [0.2, 0.25) is 0 Å². The number of thiazole rings is 1. The molecule has 0 radical (unpaired) electrons. The van der Waals surface area contributed by atoms with E-state index in [4.69, 9.17) is 0 Å². The van der Waals surface area contributed by atoms with Gasteiger partial charge in [-0.15, -0.1) is 11.3 Å². The summed E-state index contributed by atoms with van der Waals surface area (Å²) in [5.41, 5.74) is 1.74. The van der Waals surface area contributed by atoms with Crippen molar-refractivity contribution in [2.45, 2.75) is 39.2 Å². The molecule has 0 aromatic carbocycles. The lowest BCUT2D eigenvalue weighted by Gasteiger charge is -2.32. The van der Waals surface area contributed by atoms with Crippen LogP contribution in [-0.2, 0) is 6.54 Å². The average Bonchev–Trinajstić information content (AvgIpc) is 3.17. The fourth-order valence-corrected chi connectivity index (χ4v) is 4.78. The highest BCUT2D eigenvalue weighted by Gasteiger charge is 2.23. The Morgan fingerprint density at radius 3 is 2.64 bits per heavy atom. The van der Waals surface area contributed by atoms with Gasteiger partial charge >= 0.3 is 0 Å². The summed E-state index contributed by atoms with van der Waals surface area (Å²) >= 11 is 1.80. The largest absolute Gasteiger partial charge is 0.349 e. The number of likely N-dealkylation sites (tertiary alicyclic amines) is 1. The first kappa shape index (κ1) is 20.7. The average molecular weight is 402 g/mol. The van der Waals surface area contributed by atoms with Crippen molar-refractivity contribution >= 4 is 22.4 Å². The van der Waals surface area contributed by atoms with Crippen molar-refractivity contribution in [3.63, 3.8) is 0 Å². The van der Waals surface area contributed by atoms with Crippen LogP contribution in [0.1, 0.15) is 53.5 Å². The van der Waals surface area contributed by atoms with Gasteiger partial charge in [0.25, 0.3) is 5.91 Å². The minimum absolute atomic E-state index is 0.00137. The highest BCUT2D eigenvalue weighted by molar-refractivity contribution is 7.15. The second-order valence-electron chi connectivity index (χ2n) is 7.53. The van der Waals surface area contributed by atoms with Crippen LogP contribution in [0, 0.1) is 0 Å². The second kappa shape index (κ2) is 9.47. The van der Waals surface area contributed by atoms with Crippen LogP contribution in [0.25, 0.3) is 0 Å². The number of pyridine rings is 1. The first-order valence-corrected chi connectivity index (χ1v) is 10.9. The summed E-state index contributed by atoms with van der Waals surface area (Å²) < 4.78 is 0. The number of piperidine rings is 1. The monoisotopic (exact) mass is 401 g/mol. The summed E-state index contributed by atoms with van der Waals surface area (Å²) in [6.45, 7) is 9.40. The van der Waals surface area contributed by atoms with Crippen LogP contribution in [0.4, 0.5) is 5.13 Å². The van der Waals surface area contributed by atoms with Crippen LogP contribution in [0.15, 0.2) is 24.5 Å². The zero-order chi connectivity index (χ0) is 20.1. The molecule has 28 heavy (non-hydrogen) atoms. The molecule has 7 heteroatoms. The summed E-state index contributed by atoms with van der Waals surface area (Å²) in [4.78, 5) is 29.0. The van der Waals surface area contributed by atoms with Crippen LogP contribution >= 0.6 is 11.3 Å². The summed E-state index contributed by atoms with van der Waals surface area (Å²) in [6.07, 6.45) is 6.07. The molecule has 1 aliphatic heterocycles. The number of carbonyl (C=O) groups excluding carboxylic acids is 1. The van der Waals surface area contributed by atoms with E-state index in [0.29, 0.717) is 11.5 Å². The minimum Gasteiger partial charge on any atom is -0.349 e. The molecule has 0 bridgehead atoms. The van der Waals surface area contributed by atoms with E-state index in [0.717, 1.165) is 50.0 Å². The Balaban J connectivity index is 1.62. The SMILES string of the molecule is CCN(CC)c1ncc(CN2CCC[C@H](c3ccc(C(=O)N(C)C)cn3)C2)s1. The van der Waals surface area contributed by atoms with Crippen molar-refractivity contribution in [3.05, 3.63) is 40.7 Å². The number of rotatable bonds is 7. The first-order valence-electron chi connectivity index (χ1n) is 10.1. The maximum atomic E-state index is 12.1. The van der Waals surface area contributed by atoms with Crippen molar-refractivity contribution in [3.8, 4) is 0 Å². The predicted octanol–water partition coefficient (Wildman–Crippen LogP) is 3.47. The molecule has 1 aliphatic rings. The number of amides is 1. The highest BCUT2D eigenvalue weighted by atomic mass is 32.1. The van der Waals surface area contributed by atoms with Crippen molar-refractivity contribution in [1.82, 2.24) is 19.8 Å². The predicted molar refractivity (Wildman–Crippen MR) is 115 cm³/mol. The van der Waals surface area contributed by atoms with E-state index in [1.165, 1.54) is 11.3 Å². The summed E-state index contributed by atoms with van der Waals surface area (Å²) in [7, 11) is 3.53. The number of hydrogen-bond donors (Lipinski definition) is 0. The van der Waals surface area contributed by atoms with Crippen molar-refractivity contribution in [2.24, 2.45) is 0 Å². The van der Waals surface area contributed by atoms with Gasteiger partial charge in [0, 0.05) is 69.2 Å². The molecule has 1 atom stereocenters. The molecule has 2 aromatic rings. The van der Waals surface area contributed by atoms with E-state index in [9.17, 15) is 4.79 Å². The van der Waals surface area contributed by atoms with Crippen LogP contribution in [0.5, 0.6) is 0 Å². The van der Waals surface area contributed by atoms with E-state index in [2.05, 4.69) is 33.6 Å². The van der Waals surface area contributed by atoms with Crippen LogP contribution < -0.4 is 4.90 Å². The fraction of sp³-hybridized carbons (Fsp3) is 0.571. The molecule has 1 amide bonds. The van der Waals surface area contributed by atoms with Gasteiger partial charge in [-0.3, -0.25) is 14.7 Å². The third-order valence-electron chi connectivity index (χ3n) is 5.32. The molecule has 6 nitrogen and oxygen atoms in total. The maximum Gasteiger partial charge on any atom is 0.254 e. The smallest absolute Gasteiger partial charge is 0.254 e. The topological polar surface area (TPSA) is 52.6 Å². The molecule has 0 spiro atoms. The first-order chi connectivity index (χ1) is 13.5. The molecule has 0 aliphatic carbocycles. The molecule has 2 aromatic heterocycles. The van der Waals surface area contributed by atoms with Crippen LogP contribution in [-0.4, -0.2) is 65.9 Å². The van der Waals surface area contributed by atoms with E-state index >= 15 is 0 Å². The molecular weight excluding hydrogens is 370 g/mol. The molecule has 152 valence electrons. The molecule has 3 rings (SSSR count). The van der Waals surface area contributed by atoms with Crippen LogP contribution in [0.2, 0.25) is 0 Å². The van der Waals surface area contributed by atoms with Crippen molar-refractivity contribution in [1.29, 1.82) is 0 Å². The van der Waals surface area contributed by atoms with Crippen molar-refractivity contribution in [2.75, 3.05) is 45.2 Å². The number of hydrogen-bond acceptors (Lipinski definition) is 6. The van der Waals surface area contributed by atoms with Crippen molar-refractivity contribution < 1.29 is 4.79 Å². The maximum absolute atomic E-state index is 12.1. The fourth-order valence-electron chi connectivity index (χ4n) is 3.70. The molecular formula is C21H31N5OS. The Bertz CT molecular complexity index is 769. The lowest BCUT2D eigenvalue weighted by atomic mass is 9.94. The Kier molecular flexibility index (Phi) is 7.02. The standard InChI is InChI=1S/C21H31N5OS/c1-5-26(6-2)21-23-13-18(28-21)15-25-11-7-8-17(14-25)19-10-9-16(12-22-19)20(27)24(3)4/h9-10,12-13,17H,5-8,11,14-15H2,1-4H3/t17-/m0/s1. The lowest BCUT2D eigenvalue weighted by molar-refractivity contribution is 0.0827. The van der Waals surface area contributed by atoms with Gasteiger partial charge in [0.05, 0.1) is 5.56 Å². The Labute approximate surface area is 172 Å². The molecule has 1 saturated heterocycles. The molecule has 3 heterocycles.